The molecule has 0 saturated heterocycles. The van der Waals surface area contributed by atoms with Crippen LogP contribution in [0.15, 0.2) is 36.4 Å². The minimum absolute atomic E-state index is 0.385. The molecule has 0 fully saturated rings. The molecular formula is C18H21Br. The van der Waals surface area contributed by atoms with Crippen LogP contribution >= 0.6 is 15.9 Å². The first-order valence-electron chi connectivity index (χ1n) is 6.74. The SMILES string of the molecule is Cc1ccc(CC(Br)c2c(C)cc(C)cc2C)cc1. The van der Waals surface area contributed by atoms with E-state index in [1.54, 1.807) is 0 Å². The van der Waals surface area contributed by atoms with Crippen LogP contribution in [0, 0.1) is 27.7 Å². The molecular weight excluding hydrogens is 296 g/mol. The molecule has 0 N–H and O–H groups in total. The quantitative estimate of drug-likeness (QED) is 0.647. The minimum atomic E-state index is 0.385. The molecule has 2 rings (SSSR count). The number of hydrogen-bond acceptors (Lipinski definition) is 0. The summed E-state index contributed by atoms with van der Waals surface area (Å²) in [5, 5.41) is 0. The lowest BCUT2D eigenvalue weighted by molar-refractivity contribution is 0.924. The van der Waals surface area contributed by atoms with Crippen molar-refractivity contribution in [3.63, 3.8) is 0 Å². The number of aryl methyl sites for hydroxylation is 4. The van der Waals surface area contributed by atoms with Gasteiger partial charge in [-0.3, -0.25) is 0 Å². The topological polar surface area (TPSA) is 0 Å². The van der Waals surface area contributed by atoms with Crippen molar-refractivity contribution in [1.82, 2.24) is 0 Å². The second-order valence-corrected chi connectivity index (χ2v) is 6.57. The lowest BCUT2D eigenvalue weighted by atomic mass is 9.94. The fourth-order valence-corrected chi connectivity index (χ4v) is 3.81. The van der Waals surface area contributed by atoms with E-state index in [-0.39, 0.29) is 0 Å². The highest BCUT2D eigenvalue weighted by Gasteiger charge is 2.14. The van der Waals surface area contributed by atoms with E-state index >= 15 is 0 Å². The summed E-state index contributed by atoms with van der Waals surface area (Å²) in [4.78, 5) is 0.385. The third kappa shape index (κ3) is 3.48. The molecule has 2 aromatic carbocycles. The predicted molar refractivity (Wildman–Crippen MR) is 87.2 cm³/mol. The molecule has 100 valence electrons. The van der Waals surface area contributed by atoms with Crippen molar-refractivity contribution < 1.29 is 0 Å². The Morgan fingerprint density at radius 2 is 1.37 bits per heavy atom. The van der Waals surface area contributed by atoms with Crippen LogP contribution in [0.4, 0.5) is 0 Å². The normalized spacial score (nSPS) is 12.5. The van der Waals surface area contributed by atoms with Crippen LogP contribution in [0.3, 0.4) is 0 Å². The summed E-state index contributed by atoms with van der Waals surface area (Å²) in [5.41, 5.74) is 8.24. The Bertz CT molecular complexity index is 544. The molecule has 0 radical (unpaired) electrons. The Kier molecular flexibility index (Phi) is 4.46. The van der Waals surface area contributed by atoms with Crippen LogP contribution in [0.25, 0.3) is 0 Å². The van der Waals surface area contributed by atoms with Gasteiger partial charge in [-0.15, -0.1) is 0 Å². The van der Waals surface area contributed by atoms with Crippen molar-refractivity contribution >= 4 is 15.9 Å². The zero-order valence-corrected chi connectivity index (χ0v) is 13.7. The zero-order chi connectivity index (χ0) is 14.0. The second kappa shape index (κ2) is 5.92. The maximum atomic E-state index is 3.87. The Morgan fingerprint density at radius 1 is 0.842 bits per heavy atom. The van der Waals surface area contributed by atoms with E-state index in [0.29, 0.717) is 4.83 Å². The Morgan fingerprint density at radius 3 is 1.89 bits per heavy atom. The third-order valence-electron chi connectivity index (χ3n) is 3.59. The van der Waals surface area contributed by atoms with E-state index in [9.17, 15) is 0 Å². The molecule has 19 heavy (non-hydrogen) atoms. The van der Waals surface area contributed by atoms with Crippen molar-refractivity contribution in [3.05, 3.63) is 69.8 Å². The lowest BCUT2D eigenvalue weighted by Gasteiger charge is -2.17. The molecule has 0 nitrogen and oxygen atoms in total. The molecule has 0 aliphatic heterocycles. The molecule has 0 spiro atoms. The summed E-state index contributed by atoms with van der Waals surface area (Å²) in [6.07, 6.45) is 1.03. The maximum absolute atomic E-state index is 3.87. The highest BCUT2D eigenvalue weighted by molar-refractivity contribution is 9.09. The van der Waals surface area contributed by atoms with Gasteiger partial charge in [0.25, 0.3) is 0 Å². The van der Waals surface area contributed by atoms with Crippen LogP contribution in [0.1, 0.15) is 38.2 Å². The standard InChI is InChI=1S/C18H21Br/c1-12-5-7-16(8-6-12)11-17(19)18-14(3)9-13(2)10-15(18)4/h5-10,17H,11H2,1-4H3. The van der Waals surface area contributed by atoms with Crippen molar-refractivity contribution in [2.45, 2.75) is 38.9 Å². The summed E-state index contributed by atoms with van der Waals surface area (Å²) in [5.74, 6) is 0. The number of hydrogen-bond donors (Lipinski definition) is 0. The van der Waals surface area contributed by atoms with E-state index in [0.717, 1.165) is 6.42 Å². The first-order valence-corrected chi connectivity index (χ1v) is 7.66. The van der Waals surface area contributed by atoms with Crippen LogP contribution in [-0.4, -0.2) is 0 Å². The van der Waals surface area contributed by atoms with Gasteiger partial charge in [-0.2, -0.15) is 0 Å². The van der Waals surface area contributed by atoms with Gasteiger partial charge in [-0.05, 0) is 56.4 Å². The van der Waals surface area contributed by atoms with Crippen LogP contribution in [-0.2, 0) is 6.42 Å². The van der Waals surface area contributed by atoms with Crippen LogP contribution in [0.5, 0.6) is 0 Å². The summed E-state index contributed by atoms with van der Waals surface area (Å²) in [7, 11) is 0. The zero-order valence-electron chi connectivity index (χ0n) is 12.1. The summed E-state index contributed by atoms with van der Waals surface area (Å²) >= 11 is 3.87. The average molecular weight is 317 g/mol. The predicted octanol–water partition coefficient (Wildman–Crippen LogP) is 5.60. The monoisotopic (exact) mass is 316 g/mol. The number of alkyl halides is 1. The molecule has 0 amide bonds. The van der Waals surface area contributed by atoms with Crippen molar-refractivity contribution in [2.75, 3.05) is 0 Å². The fourth-order valence-electron chi connectivity index (χ4n) is 2.72. The van der Waals surface area contributed by atoms with E-state index in [1.165, 1.54) is 33.4 Å². The molecule has 0 aromatic heterocycles. The van der Waals surface area contributed by atoms with Gasteiger partial charge in [0.1, 0.15) is 0 Å². The molecule has 0 aliphatic rings. The Balaban J connectivity index is 2.25. The molecule has 2 aromatic rings. The van der Waals surface area contributed by atoms with Gasteiger partial charge < -0.3 is 0 Å². The largest absolute Gasteiger partial charge is 0.0835 e. The second-order valence-electron chi connectivity index (χ2n) is 5.47. The third-order valence-corrected chi connectivity index (χ3v) is 4.37. The summed E-state index contributed by atoms with van der Waals surface area (Å²) < 4.78 is 0. The molecule has 0 saturated carbocycles. The molecule has 1 unspecified atom stereocenters. The maximum Gasteiger partial charge on any atom is 0.0440 e. The van der Waals surface area contributed by atoms with Gasteiger partial charge in [-0.1, -0.05) is 63.5 Å². The highest BCUT2D eigenvalue weighted by Crippen LogP contribution is 2.32. The summed E-state index contributed by atoms with van der Waals surface area (Å²) in [6.45, 7) is 8.70. The van der Waals surface area contributed by atoms with Crippen molar-refractivity contribution in [3.8, 4) is 0 Å². The average Bonchev–Trinajstić information content (AvgIpc) is 2.30. The Hall–Kier alpha value is -1.08. The van der Waals surface area contributed by atoms with E-state index in [2.05, 4.69) is 80.0 Å². The van der Waals surface area contributed by atoms with Gasteiger partial charge >= 0.3 is 0 Å². The fraction of sp³-hybridized carbons (Fsp3) is 0.333. The molecule has 1 heteroatoms. The van der Waals surface area contributed by atoms with E-state index in [4.69, 9.17) is 0 Å². The first kappa shape index (κ1) is 14.3. The van der Waals surface area contributed by atoms with Gasteiger partial charge in [0, 0.05) is 4.83 Å². The first-order chi connectivity index (χ1) is 8.97. The molecule has 0 aliphatic carbocycles. The number of rotatable bonds is 3. The van der Waals surface area contributed by atoms with Crippen LogP contribution < -0.4 is 0 Å². The van der Waals surface area contributed by atoms with Gasteiger partial charge in [0.15, 0.2) is 0 Å². The van der Waals surface area contributed by atoms with E-state index < -0.39 is 0 Å². The summed E-state index contributed by atoms with van der Waals surface area (Å²) in [6, 6.07) is 13.4. The Labute approximate surface area is 125 Å². The van der Waals surface area contributed by atoms with Gasteiger partial charge in [-0.25, -0.2) is 0 Å². The smallest absolute Gasteiger partial charge is 0.0440 e. The highest BCUT2D eigenvalue weighted by atomic mass is 79.9. The van der Waals surface area contributed by atoms with Gasteiger partial charge in [0.2, 0.25) is 0 Å². The van der Waals surface area contributed by atoms with Crippen LogP contribution in [0.2, 0.25) is 0 Å². The van der Waals surface area contributed by atoms with E-state index in [1.807, 2.05) is 0 Å². The molecule has 0 heterocycles. The lowest BCUT2D eigenvalue weighted by Crippen LogP contribution is -2.01. The number of halogens is 1. The number of benzene rings is 2. The van der Waals surface area contributed by atoms with Gasteiger partial charge in [0.05, 0.1) is 0 Å². The van der Waals surface area contributed by atoms with Crippen molar-refractivity contribution in [2.24, 2.45) is 0 Å². The van der Waals surface area contributed by atoms with Crippen molar-refractivity contribution in [1.29, 1.82) is 0 Å². The molecule has 1 atom stereocenters. The minimum Gasteiger partial charge on any atom is -0.0835 e. The molecule has 0 bridgehead atoms.